The van der Waals surface area contributed by atoms with E-state index >= 15 is 0 Å². The predicted molar refractivity (Wildman–Crippen MR) is 102 cm³/mol. The van der Waals surface area contributed by atoms with Crippen LogP contribution in [-0.2, 0) is 22.2 Å². The molecule has 0 saturated heterocycles. The Balaban J connectivity index is 1.66. The molecule has 2 aromatic carbocycles. The number of benzene rings is 2. The van der Waals surface area contributed by atoms with E-state index in [4.69, 9.17) is 4.42 Å². The van der Waals surface area contributed by atoms with E-state index in [2.05, 4.69) is 9.71 Å². The van der Waals surface area contributed by atoms with Crippen molar-refractivity contribution < 1.29 is 12.8 Å². The van der Waals surface area contributed by atoms with Gasteiger partial charge in [0.1, 0.15) is 11.5 Å². The third kappa shape index (κ3) is 4.59. The maximum Gasteiger partial charge on any atom is 0.215 e. The highest BCUT2D eigenvalue weighted by molar-refractivity contribution is 7.88. The molecule has 0 unspecified atom stereocenters. The second-order valence-electron chi connectivity index (χ2n) is 6.20. The van der Waals surface area contributed by atoms with Crippen LogP contribution in [0.15, 0.2) is 59.0 Å². The minimum atomic E-state index is -3.41. The number of hydrogen-bond donors (Lipinski definition) is 1. The van der Waals surface area contributed by atoms with Gasteiger partial charge in [0.2, 0.25) is 10.0 Å². The van der Waals surface area contributed by atoms with Crippen LogP contribution in [0.4, 0.5) is 0 Å². The fourth-order valence-corrected chi connectivity index (χ4v) is 4.06. The zero-order valence-electron chi connectivity index (χ0n) is 14.9. The SMILES string of the molecule is Cc1nc(-c2ccccc2)c(CCNS(=O)(=O)Cc2ccccc2C)o1. The van der Waals surface area contributed by atoms with Crippen LogP contribution in [0.5, 0.6) is 0 Å². The summed E-state index contributed by atoms with van der Waals surface area (Å²) in [5.74, 6) is 1.23. The Kier molecular flexibility index (Phi) is 5.54. The van der Waals surface area contributed by atoms with E-state index in [9.17, 15) is 8.42 Å². The molecule has 0 aliphatic carbocycles. The third-order valence-corrected chi connectivity index (χ3v) is 5.47. The zero-order valence-corrected chi connectivity index (χ0v) is 15.7. The van der Waals surface area contributed by atoms with Crippen molar-refractivity contribution in [3.63, 3.8) is 0 Å². The van der Waals surface area contributed by atoms with Gasteiger partial charge in [-0.15, -0.1) is 0 Å². The van der Waals surface area contributed by atoms with Gasteiger partial charge in [0.15, 0.2) is 5.89 Å². The van der Waals surface area contributed by atoms with Crippen LogP contribution >= 0.6 is 0 Å². The Morgan fingerprint density at radius 3 is 2.42 bits per heavy atom. The number of aromatic nitrogens is 1. The molecule has 0 aliphatic rings. The fourth-order valence-electron chi connectivity index (χ4n) is 2.81. The Morgan fingerprint density at radius 2 is 1.69 bits per heavy atom. The van der Waals surface area contributed by atoms with Crippen molar-refractivity contribution in [2.75, 3.05) is 6.54 Å². The number of aryl methyl sites for hydroxylation is 2. The molecular formula is C20H22N2O3S. The average Bonchev–Trinajstić information content (AvgIpc) is 2.98. The molecule has 0 atom stereocenters. The van der Waals surface area contributed by atoms with Gasteiger partial charge >= 0.3 is 0 Å². The number of hydrogen-bond acceptors (Lipinski definition) is 4. The van der Waals surface area contributed by atoms with Gasteiger partial charge in [0.05, 0.1) is 5.75 Å². The number of oxazole rings is 1. The fraction of sp³-hybridized carbons (Fsp3) is 0.250. The first kappa shape index (κ1) is 18.4. The van der Waals surface area contributed by atoms with Crippen molar-refractivity contribution in [1.82, 2.24) is 9.71 Å². The van der Waals surface area contributed by atoms with Crippen molar-refractivity contribution in [1.29, 1.82) is 0 Å². The molecular weight excluding hydrogens is 348 g/mol. The summed E-state index contributed by atoms with van der Waals surface area (Å²) in [4.78, 5) is 4.43. The largest absolute Gasteiger partial charge is 0.445 e. The Hall–Kier alpha value is -2.44. The molecule has 0 amide bonds. The molecule has 1 heterocycles. The molecule has 136 valence electrons. The summed E-state index contributed by atoms with van der Waals surface area (Å²) in [5.41, 5.74) is 3.50. The number of nitrogens with one attached hydrogen (secondary N) is 1. The molecule has 5 nitrogen and oxygen atoms in total. The summed E-state index contributed by atoms with van der Waals surface area (Å²) in [5, 5.41) is 0. The molecule has 0 saturated carbocycles. The summed E-state index contributed by atoms with van der Waals surface area (Å²) >= 11 is 0. The van der Waals surface area contributed by atoms with E-state index in [1.54, 1.807) is 6.92 Å². The highest BCUT2D eigenvalue weighted by Crippen LogP contribution is 2.24. The third-order valence-electron chi connectivity index (χ3n) is 4.13. The molecule has 6 heteroatoms. The van der Waals surface area contributed by atoms with Crippen LogP contribution in [0.1, 0.15) is 22.8 Å². The maximum absolute atomic E-state index is 12.3. The monoisotopic (exact) mass is 370 g/mol. The molecule has 26 heavy (non-hydrogen) atoms. The summed E-state index contributed by atoms with van der Waals surface area (Å²) < 4.78 is 33.0. The highest BCUT2D eigenvalue weighted by Gasteiger charge is 2.16. The van der Waals surface area contributed by atoms with E-state index in [1.807, 2.05) is 61.5 Å². The number of rotatable bonds is 7. The van der Waals surface area contributed by atoms with Gasteiger partial charge in [0, 0.05) is 25.5 Å². The summed E-state index contributed by atoms with van der Waals surface area (Å²) in [6.45, 7) is 3.97. The van der Waals surface area contributed by atoms with E-state index in [0.29, 0.717) is 18.1 Å². The van der Waals surface area contributed by atoms with Crippen molar-refractivity contribution >= 4 is 10.0 Å². The lowest BCUT2D eigenvalue weighted by Gasteiger charge is -2.08. The lowest BCUT2D eigenvalue weighted by molar-refractivity contribution is 0.473. The van der Waals surface area contributed by atoms with Gasteiger partial charge in [-0.1, -0.05) is 54.6 Å². The molecule has 0 fully saturated rings. The minimum absolute atomic E-state index is 0.0271. The van der Waals surface area contributed by atoms with E-state index in [0.717, 1.165) is 22.4 Å². The second-order valence-corrected chi connectivity index (χ2v) is 8.01. The van der Waals surface area contributed by atoms with Gasteiger partial charge in [-0.2, -0.15) is 0 Å². The second kappa shape index (κ2) is 7.85. The van der Waals surface area contributed by atoms with Crippen molar-refractivity contribution in [3.8, 4) is 11.3 Å². The first-order chi connectivity index (χ1) is 12.4. The predicted octanol–water partition coefficient (Wildman–Crippen LogP) is 3.62. The Bertz CT molecular complexity index is 979. The normalized spacial score (nSPS) is 11.6. The summed E-state index contributed by atoms with van der Waals surface area (Å²) in [7, 11) is -3.41. The molecule has 3 aromatic rings. The Labute approximate surface area is 154 Å². The molecule has 1 N–H and O–H groups in total. The van der Waals surface area contributed by atoms with E-state index in [1.165, 1.54) is 0 Å². The van der Waals surface area contributed by atoms with Crippen molar-refractivity contribution in [3.05, 3.63) is 77.4 Å². The van der Waals surface area contributed by atoms with Crippen molar-refractivity contribution in [2.45, 2.75) is 26.0 Å². The number of sulfonamides is 1. The van der Waals surface area contributed by atoms with Crippen molar-refractivity contribution in [2.24, 2.45) is 0 Å². The van der Waals surface area contributed by atoms with Crippen LogP contribution in [0.25, 0.3) is 11.3 Å². The maximum atomic E-state index is 12.3. The summed E-state index contributed by atoms with van der Waals surface area (Å²) in [6.07, 6.45) is 0.443. The molecule has 1 aromatic heterocycles. The van der Waals surface area contributed by atoms with E-state index in [-0.39, 0.29) is 12.3 Å². The van der Waals surface area contributed by atoms with Gasteiger partial charge in [-0.25, -0.2) is 18.1 Å². The molecule has 0 bridgehead atoms. The van der Waals surface area contributed by atoms with Gasteiger partial charge < -0.3 is 4.42 Å². The molecule has 0 spiro atoms. The smallest absolute Gasteiger partial charge is 0.215 e. The lowest BCUT2D eigenvalue weighted by Crippen LogP contribution is -2.27. The topological polar surface area (TPSA) is 72.2 Å². The standard InChI is InChI=1S/C20H22N2O3S/c1-15-8-6-7-11-18(15)14-26(23,24)21-13-12-19-20(22-16(2)25-19)17-9-4-3-5-10-17/h3-11,21H,12-14H2,1-2H3. The quantitative estimate of drug-likeness (QED) is 0.689. The van der Waals surface area contributed by atoms with Gasteiger partial charge in [0.25, 0.3) is 0 Å². The minimum Gasteiger partial charge on any atom is -0.445 e. The lowest BCUT2D eigenvalue weighted by atomic mass is 10.1. The average molecular weight is 370 g/mol. The first-order valence-electron chi connectivity index (χ1n) is 8.48. The van der Waals surface area contributed by atoms with Crippen LogP contribution in [0.3, 0.4) is 0 Å². The summed E-state index contributed by atoms with van der Waals surface area (Å²) in [6, 6.07) is 17.2. The van der Waals surface area contributed by atoms with Gasteiger partial charge in [-0.05, 0) is 18.1 Å². The van der Waals surface area contributed by atoms with E-state index < -0.39 is 10.0 Å². The van der Waals surface area contributed by atoms with Crippen LogP contribution < -0.4 is 4.72 Å². The molecule has 0 radical (unpaired) electrons. The van der Waals surface area contributed by atoms with Gasteiger partial charge in [-0.3, -0.25) is 0 Å². The van der Waals surface area contributed by atoms with Crippen LogP contribution in [0, 0.1) is 13.8 Å². The number of nitrogens with zero attached hydrogens (tertiary/aromatic N) is 1. The highest BCUT2D eigenvalue weighted by atomic mass is 32.2. The molecule has 0 aliphatic heterocycles. The zero-order chi connectivity index (χ0) is 18.6. The molecule has 3 rings (SSSR count). The van der Waals surface area contributed by atoms with Crippen LogP contribution in [-0.4, -0.2) is 19.9 Å². The van der Waals surface area contributed by atoms with Crippen LogP contribution in [0.2, 0.25) is 0 Å². The first-order valence-corrected chi connectivity index (χ1v) is 10.1. The Morgan fingerprint density at radius 1 is 1.00 bits per heavy atom.